The number of carboxylic acid groups (broad SMARTS) is 1. The second kappa shape index (κ2) is 3.81. The summed E-state index contributed by atoms with van der Waals surface area (Å²) in [5.74, 6) is -0.959. The van der Waals surface area contributed by atoms with Crippen molar-refractivity contribution in [2.45, 2.75) is 6.92 Å². The van der Waals surface area contributed by atoms with Crippen LogP contribution in [0.15, 0.2) is 28.7 Å². The first-order chi connectivity index (χ1) is 7.58. The largest absolute Gasteiger partial charge is 0.478 e. The minimum atomic E-state index is -1.05. The first-order valence-corrected chi connectivity index (χ1v) is 4.67. The van der Waals surface area contributed by atoms with Gasteiger partial charge in [-0.15, -0.1) is 0 Å². The lowest BCUT2D eigenvalue weighted by atomic mass is 10.1. The second-order valence-corrected chi connectivity index (χ2v) is 3.40. The SMILES string of the molecule is Cc1c(C=CC(=O)O)oc2ccc(F)cc12. The van der Waals surface area contributed by atoms with Crippen LogP contribution in [0.5, 0.6) is 0 Å². The minimum absolute atomic E-state index is 0.342. The Morgan fingerprint density at radius 2 is 2.25 bits per heavy atom. The summed E-state index contributed by atoms with van der Waals surface area (Å²) in [6, 6.07) is 4.19. The third-order valence-electron chi connectivity index (χ3n) is 2.31. The molecule has 4 heteroatoms. The molecule has 0 unspecified atom stereocenters. The zero-order valence-corrected chi connectivity index (χ0v) is 8.53. The Kier molecular flexibility index (Phi) is 2.48. The highest BCUT2D eigenvalue weighted by Crippen LogP contribution is 2.26. The van der Waals surface area contributed by atoms with Gasteiger partial charge < -0.3 is 9.52 Å². The van der Waals surface area contributed by atoms with Crippen LogP contribution in [-0.4, -0.2) is 11.1 Å². The second-order valence-electron chi connectivity index (χ2n) is 3.40. The normalized spacial score (nSPS) is 11.4. The highest BCUT2D eigenvalue weighted by atomic mass is 19.1. The van der Waals surface area contributed by atoms with E-state index in [0.29, 0.717) is 16.7 Å². The Balaban J connectivity index is 2.56. The molecule has 2 aromatic rings. The van der Waals surface area contributed by atoms with Gasteiger partial charge in [-0.25, -0.2) is 9.18 Å². The van der Waals surface area contributed by atoms with E-state index in [9.17, 15) is 9.18 Å². The van der Waals surface area contributed by atoms with Crippen molar-refractivity contribution in [3.8, 4) is 0 Å². The van der Waals surface area contributed by atoms with E-state index >= 15 is 0 Å². The Morgan fingerprint density at radius 3 is 2.94 bits per heavy atom. The van der Waals surface area contributed by atoms with Crippen molar-refractivity contribution >= 4 is 23.0 Å². The average Bonchev–Trinajstić information content (AvgIpc) is 2.53. The molecule has 82 valence electrons. The predicted molar refractivity (Wildman–Crippen MR) is 57.6 cm³/mol. The van der Waals surface area contributed by atoms with E-state index in [0.717, 1.165) is 11.6 Å². The van der Waals surface area contributed by atoms with Gasteiger partial charge in [0, 0.05) is 17.0 Å². The lowest BCUT2D eigenvalue weighted by Crippen LogP contribution is -1.85. The number of halogens is 1. The van der Waals surface area contributed by atoms with Crippen molar-refractivity contribution in [1.82, 2.24) is 0 Å². The summed E-state index contributed by atoms with van der Waals surface area (Å²) in [5, 5.41) is 9.15. The molecule has 0 saturated carbocycles. The van der Waals surface area contributed by atoms with Crippen LogP contribution in [0.25, 0.3) is 17.0 Å². The molecule has 1 aromatic carbocycles. The highest BCUT2D eigenvalue weighted by molar-refractivity contribution is 5.88. The van der Waals surface area contributed by atoms with Crippen molar-refractivity contribution in [2.75, 3.05) is 0 Å². The quantitative estimate of drug-likeness (QED) is 0.791. The standard InChI is InChI=1S/C12H9FO3/c1-7-9-6-8(13)2-3-11(9)16-10(7)4-5-12(14)15/h2-6H,1H3,(H,14,15). The molecule has 0 aliphatic rings. The molecule has 2 rings (SSSR count). The number of furan rings is 1. The molecule has 0 aliphatic carbocycles. The van der Waals surface area contributed by atoms with Crippen LogP contribution in [0.2, 0.25) is 0 Å². The molecule has 1 aromatic heterocycles. The van der Waals surface area contributed by atoms with Gasteiger partial charge in [-0.2, -0.15) is 0 Å². The zero-order valence-electron chi connectivity index (χ0n) is 8.53. The number of aliphatic carboxylic acids is 1. The van der Waals surface area contributed by atoms with Crippen LogP contribution < -0.4 is 0 Å². The molecule has 0 radical (unpaired) electrons. The zero-order chi connectivity index (χ0) is 11.7. The third kappa shape index (κ3) is 1.82. The van der Waals surface area contributed by atoms with Gasteiger partial charge in [0.15, 0.2) is 0 Å². The van der Waals surface area contributed by atoms with Crippen molar-refractivity contribution in [1.29, 1.82) is 0 Å². The highest BCUT2D eigenvalue weighted by Gasteiger charge is 2.08. The summed E-state index contributed by atoms with van der Waals surface area (Å²) in [6.45, 7) is 1.76. The van der Waals surface area contributed by atoms with Crippen LogP contribution in [0.4, 0.5) is 4.39 Å². The molecular formula is C12H9FO3. The summed E-state index contributed by atoms with van der Waals surface area (Å²) in [4.78, 5) is 10.4. The van der Waals surface area contributed by atoms with Gasteiger partial charge in [-0.3, -0.25) is 0 Å². The summed E-state index contributed by atoms with van der Waals surface area (Å²) >= 11 is 0. The lowest BCUT2D eigenvalue weighted by molar-refractivity contribution is -0.131. The number of hydrogen-bond donors (Lipinski definition) is 1. The van der Waals surface area contributed by atoms with Crippen LogP contribution in [0.1, 0.15) is 11.3 Å². The van der Waals surface area contributed by atoms with E-state index in [1.807, 2.05) is 0 Å². The molecule has 0 saturated heterocycles. The first-order valence-electron chi connectivity index (χ1n) is 4.67. The fraction of sp³-hybridized carbons (Fsp3) is 0.0833. The molecule has 1 heterocycles. The molecule has 16 heavy (non-hydrogen) atoms. The Morgan fingerprint density at radius 1 is 1.50 bits per heavy atom. The molecule has 0 bridgehead atoms. The fourth-order valence-corrected chi connectivity index (χ4v) is 1.52. The smallest absolute Gasteiger partial charge is 0.328 e. The van der Waals surface area contributed by atoms with Gasteiger partial charge in [0.1, 0.15) is 17.2 Å². The maximum absolute atomic E-state index is 13.0. The number of benzene rings is 1. The van der Waals surface area contributed by atoms with Gasteiger partial charge in [-0.05, 0) is 31.2 Å². The van der Waals surface area contributed by atoms with Crippen LogP contribution in [0, 0.1) is 12.7 Å². The summed E-state index contributed by atoms with van der Waals surface area (Å²) in [7, 11) is 0. The maximum Gasteiger partial charge on any atom is 0.328 e. The van der Waals surface area contributed by atoms with Crippen molar-refractivity contribution in [3.63, 3.8) is 0 Å². The third-order valence-corrected chi connectivity index (χ3v) is 2.31. The van der Waals surface area contributed by atoms with Gasteiger partial charge in [0.05, 0.1) is 0 Å². The molecule has 3 nitrogen and oxygen atoms in total. The molecule has 1 N–H and O–H groups in total. The molecule has 0 amide bonds. The van der Waals surface area contributed by atoms with Gasteiger partial charge >= 0.3 is 5.97 Å². The van der Waals surface area contributed by atoms with E-state index in [1.165, 1.54) is 24.3 Å². The van der Waals surface area contributed by atoms with E-state index in [2.05, 4.69) is 0 Å². The van der Waals surface area contributed by atoms with Crippen LogP contribution in [0.3, 0.4) is 0 Å². The summed E-state index contributed by atoms with van der Waals surface area (Å²) in [6.07, 6.45) is 2.34. The molecule has 0 atom stereocenters. The molecular weight excluding hydrogens is 211 g/mol. The predicted octanol–water partition coefficient (Wildman–Crippen LogP) is 2.98. The number of carbonyl (C=O) groups is 1. The fourth-order valence-electron chi connectivity index (χ4n) is 1.52. The molecule has 0 aliphatic heterocycles. The van der Waals surface area contributed by atoms with Crippen LogP contribution >= 0.6 is 0 Å². The van der Waals surface area contributed by atoms with E-state index in [-0.39, 0.29) is 5.82 Å². The van der Waals surface area contributed by atoms with Crippen molar-refractivity contribution in [2.24, 2.45) is 0 Å². The summed E-state index contributed by atoms with van der Waals surface area (Å²) in [5.41, 5.74) is 1.27. The number of rotatable bonds is 2. The first kappa shape index (κ1) is 10.4. The van der Waals surface area contributed by atoms with Gasteiger partial charge in [-0.1, -0.05) is 0 Å². The molecule has 0 fully saturated rings. The van der Waals surface area contributed by atoms with Crippen molar-refractivity contribution in [3.05, 3.63) is 41.4 Å². The lowest BCUT2D eigenvalue weighted by Gasteiger charge is -1.89. The average molecular weight is 220 g/mol. The topological polar surface area (TPSA) is 50.4 Å². The number of aryl methyl sites for hydroxylation is 1. The molecule has 0 spiro atoms. The summed E-state index contributed by atoms with van der Waals surface area (Å²) < 4.78 is 18.4. The maximum atomic E-state index is 13.0. The number of carboxylic acids is 1. The Bertz CT molecular complexity index is 581. The van der Waals surface area contributed by atoms with Crippen molar-refractivity contribution < 1.29 is 18.7 Å². The Hall–Kier alpha value is -2.10. The van der Waals surface area contributed by atoms with E-state index in [1.54, 1.807) is 6.92 Å². The van der Waals surface area contributed by atoms with Gasteiger partial charge in [0.2, 0.25) is 0 Å². The van der Waals surface area contributed by atoms with Gasteiger partial charge in [0.25, 0.3) is 0 Å². The van der Waals surface area contributed by atoms with Crippen LogP contribution in [-0.2, 0) is 4.79 Å². The number of fused-ring (bicyclic) bond motifs is 1. The van der Waals surface area contributed by atoms with E-state index < -0.39 is 5.97 Å². The number of hydrogen-bond acceptors (Lipinski definition) is 2. The van der Waals surface area contributed by atoms with E-state index in [4.69, 9.17) is 9.52 Å². The monoisotopic (exact) mass is 220 g/mol. The Labute approximate surface area is 90.8 Å². The minimum Gasteiger partial charge on any atom is -0.478 e.